The third kappa shape index (κ3) is 16.9. The highest BCUT2D eigenvalue weighted by Gasteiger charge is 2.42. The van der Waals surface area contributed by atoms with Crippen LogP contribution in [-0.2, 0) is 22.4 Å². The number of aldehydes is 1. The maximum absolute atomic E-state index is 12.7. The molecular weight excluding hydrogens is 608 g/mol. The molecule has 10 heteroatoms. The summed E-state index contributed by atoms with van der Waals surface area (Å²) in [5, 5.41) is 30.4. The second-order valence-corrected chi connectivity index (χ2v) is 13.0. The van der Waals surface area contributed by atoms with Crippen molar-refractivity contribution >= 4 is 24.4 Å². The van der Waals surface area contributed by atoms with Crippen LogP contribution in [0.15, 0.2) is 60.7 Å². The number of carbonyl (C=O) groups excluding carboxylic acids is 2. The number of rotatable bonds is 26. The second kappa shape index (κ2) is 23.5. The zero-order valence-corrected chi connectivity index (χ0v) is 28.9. The lowest BCUT2D eigenvalue weighted by Gasteiger charge is -2.44. The average molecular weight is 667 g/mol. The molecule has 0 saturated heterocycles. The first-order valence-electron chi connectivity index (χ1n) is 17.7. The van der Waals surface area contributed by atoms with Crippen molar-refractivity contribution in [2.45, 2.75) is 128 Å². The van der Waals surface area contributed by atoms with Crippen LogP contribution in [0.1, 0.15) is 108 Å². The Bertz CT molecular complexity index is 1200. The van der Waals surface area contributed by atoms with E-state index < -0.39 is 29.8 Å². The Hall–Kier alpha value is -3.76. The molecule has 2 unspecified atom stereocenters. The molecule has 10 nitrogen and oxygen atoms in total. The van der Waals surface area contributed by atoms with Crippen LogP contribution < -0.4 is 21.3 Å². The number of hydrogen-bond acceptors (Lipinski definition) is 6. The summed E-state index contributed by atoms with van der Waals surface area (Å²) in [6.45, 7) is 4.33. The molecule has 3 amide bonds. The molecule has 2 rings (SSSR count). The summed E-state index contributed by atoms with van der Waals surface area (Å²) in [5.74, 6) is -0.982. The zero-order chi connectivity index (χ0) is 35.0. The van der Waals surface area contributed by atoms with Gasteiger partial charge in [-0.25, -0.2) is 9.59 Å². The average Bonchev–Trinajstić information content (AvgIpc) is 3.06. The van der Waals surface area contributed by atoms with Crippen LogP contribution in [0.25, 0.3) is 0 Å². The largest absolute Gasteiger partial charge is 0.465 e. The molecule has 0 bridgehead atoms. The Morgan fingerprint density at radius 1 is 0.708 bits per heavy atom. The SMILES string of the molecule is CC(C=O)NCCCCCCCCCCCCCC[C@@H](Cc1ccccc1)C(Cc1ccccc1)(NC(=O)O)N[C@@H](C)C(=O)NC(=O)O. The van der Waals surface area contributed by atoms with Gasteiger partial charge in [0.1, 0.15) is 11.9 Å². The van der Waals surface area contributed by atoms with E-state index >= 15 is 0 Å². The van der Waals surface area contributed by atoms with Gasteiger partial charge in [0.2, 0.25) is 5.91 Å². The number of benzene rings is 2. The number of amides is 3. The quantitative estimate of drug-likeness (QED) is 0.0354. The second-order valence-electron chi connectivity index (χ2n) is 13.0. The Morgan fingerprint density at radius 2 is 1.21 bits per heavy atom. The van der Waals surface area contributed by atoms with E-state index in [4.69, 9.17) is 5.11 Å². The van der Waals surface area contributed by atoms with E-state index in [0.29, 0.717) is 12.8 Å². The van der Waals surface area contributed by atoms with Crippen molar-refractivity contribution in [2.24, 2.45) is 5.92 Å². The molecule has 0 radical (unpaired) electrons. The van der Waals surface area contributed by atoms with Crippen LogP contribution in [-0.4, -0.2) is 58.9 Å². The summed E-state index contributed by atoms with van der Waals surface area (Å²) < 4.78 is 0. The molecule has 0 spiro atoms. The van der Waals surface area contributed by atoms with E-state index in [9.17, 15) is 24.3 Å². The Morgan fingerprint density at radius 3 is 1.71 bits per heavy atom. The van der Waals surface area contributed by atoms with Crippen molar-refractivity contribution in [3.8, 4) is 0 Å². The molecule has 48 heavy (non-hydrogen) atoms. The molecule has 0 fully saturated rings. The van der Waals surface area contributed by atoms with Gasteiger partial charge in [-0.15, -0.1) is 0 Å². The Kier molecular flexibility index (Phi) is 19.8. The molecule has 0 heterocycles. The lowest BCUT2D eigenvalue weighted by molar-refractivity contribution is -0.123. The predicted molar refractivity (Wildman–Crippen MR) is 190 cm³/mol. The first-order chi connectivity index (χ1) is 23.1. The van der Waals surface area contributed by atoms with Crippen LogP contribution in [0, 0.1) is 5.92 Å². The van der Waals surface area contributed by atoms with Gasteiger partial charge < -0.3 is 25.6 Å². The Balaban J connectivity index is 1.99. The summed E-state index contributed by atoms with van der Waals surface area (Å²) in [6, 6.07) is 18.4. The topological polar surface area (TPSA) is 157 Å². The highest BCUT2D eigenvalue weighted by molar-refractivity contribution is 5.94. The zero-order valence-electron chi connectivity index (χ0n) is 28.9. The fourth-order valence-electron chi connectivity index (χ4n) is 6.35. The van der Waals surface area contributed by atoms with Gasteiger partial charge in [0, 0.05) is 6.42 Å². The molecule has 4 atom stereocenters. The van der Waals surface area contributed by atoms with Crippen LogP contribution >= 0.6 is 0 Å². The van der Waals surface area contributed by atoms with Gasteiger partial charge in [-0.05, 0) is 56.7 Å². The van der Waals surface area contributed by atoms with Crippen molar-refractivity contribution in [3.05, 3.63) is 71.8 Å². The summed E-state index contributed by atoms with van der Waals surface area (Å²) in [6.07, 6.45) is 13.8. The number of carboxylic acid groups (broad SMARTS) is 2. The lowest BCUT2D eigenvalue weighted by Crippen LogP contribution is -2.68. The third-order valence-electron chi connectivity index (χ3n) is 8.92. The highest BCUT2D eigenvalue weighted by atomic mass is 16.4. The number of nitrogens with one attached hydrogen (secondary N) is 4. The smallest absolute Gasteiger partial charge is 0.411 e. The number of imide groups is 1. The summed E-state index contributed by atoms with van der Waals surface area (Å²) in [4.78, 5) is 47.0. The molecule has 266 valence electrons. The molecular formula is C38H58N4O6. The third-order valence-corrected chi connectivity index (χ3v) is 8.92. The van der Waals surface area contributed by atoms with Crippen molar-refractivity contribution in [1.29, 1.82) is 0 Å². The Labute approximate surface area is 286 Å². The minimum atomic E-state index is -1.46. The highest BCUT2D eigenvalue weighted by Crippen LogP contribution is 2.30. The van der Waals surface area contributed by atoms with Gasteiger partial charge >= 0.3 is 12.2 Å². The van der Waals surface area contributed by atoms with E-state index in [-0.39, 0.29) is 18.4 Å². The lowest BCUT2D eigenvalue weighted by atomic mass is 9.78. The van der Waals surface area contributed by atoms with Gasteiger partial charge in [0.15, 0.2) is 0 Å². The molecule has 0 saturated carbocycles. The van der Waals surface area contributed by atoms with E-state index in [1.54, 1.807) is 6.92 Å². The molecule has 2 aromatic carbocycles. The number of hydrogen-bond donors (Lipinski definition) is 6. The van der Waals surface area contributed by atoms with Crippen LogP contribution in [0.5, 0.6) is 0 Å². The molecule has 0 aliphatic rings. The fraction of sp³-hybridized carbons (Fsp3) is 0.579. The standard InChI is InChI=1S/C38H58N4O6/c1-30(29-43)39-26-20-12-10-8-6-4-3-5-7-9-11-19-25-34(27-32-21-15-13-16-22-32)38(42-37(47)48,28-33-23-17-14-18-24-33)41-31(2)35(44)40-36(45)46/h13-18,21-24,29-31,34,39,41-42H,3-12,19-20,25-28H2,1-2H3,(H,40,44)(H,45,46)(H,47,48)/t30?,31-,34-,38?/m0/s1. The summed E-state index contributed by atoms with van der Waals surface area (Å²) >= 11 is 0. The number of carbonyl (C=O) groups is 4. The fourth-order valence-corrected chi connectivity index (χ4v) is 6.35. The first kappa shape index (κ1) is 40.4. The van der Waals surface area contributed by atoms with Crippen molar-refractivity contribution < 1.29 is 29.4 Å². The van der Waals surface area contributed by atoms with Crippen molar-refractivity contribution in [3.63, 3.8) is 0 Å². The molecule has 0 aromatic heterocycles. The summed E-state index contributed by atoms with van der Waals surface area (Å²) in [7, 11) is 0. The predicted octanol–water partition coefficient (Wildman–Crippen LogP) is 7.07. The number of unbranched alkanes of at least 4 members (excludes halogenated alkanes) is 11. The van der Waals surface area contributed by atoms with Crippen LogP contribution in [0.2, 0.25) is 0 Å². The first-order valence-corrected chi connectivity index (χ1v) is 17.7. The maximum atomic E-state index is 12.7. The van der Waals surface area contributed by atoms with Crippen LogP contribution in [0.3, 0.4) is 0 Å². The van der Waals surface area contributed by atoms with Crippen molar-refractivity contribution in [1.82, 2.24) is 21.3 Å². The molecule has 0 aliphatic carbocycles. The van der Waals surface area contributed by atoms with E-state index in [2.05, 4.69) is 16.0 Å². The molecule has 0 aliphatic heterocycles. The van der Waals surface area contributed by atoms with E-state index in [1.807, 2.05) is 72.9 Å². The molecule has 2 aromatic rings. The van der Waals surface area contributed by atoms with Gasteiger partial charge in [-0.3, -0.25) is 15.4 Å². The van der Waals surface area contributed by atoms with Gasteiger partial charge in [0.25, 0.3) is 0 Å². The van der Waals surface area contributed by atoms with Gasteiger partial charge in [-0.2, -0.15) is 0 Å². The maximum Gasteiger partial charge on any atom is 0.411 e. The van der Waals surface area contributed by atoms with E-state index in [1.165, 1.54) is 44.9 Å². The molecule has 6 N–H and O–H groups in total. The monoisotopic (exact) mass is 666 g/mol. The minimum Gasteiger partial charge on any atom is -0.465 e. The van der Waals surface area contributed by atoms with Crippen molar-refractivity contribution in [2.75, 3.05) is 6.54 Å². The normalized spacial score (nSPS) is 14.3. The minimum absolute atomic E-state index is 0.0600. The summed E-state index contributed by atoms with van der Waals surface area (Å²) in [5.41, 5.74) is 0.701. The van der Waals surface area contributed by atoms with E-state index in [0.717, 1.165) is 56.1 Å². The van der Waals surface area contributed by atoms with Gasteiger partial charge in [-0.1, -0.05) is 131 Å². The van der Waals surface area contributed by atoms with Crippen LogP contribution in [0.4, 0.5) is 9.59 Å². The van der Waals surface area contributed by atoms with Gasteiger partial charge in [0.05, 0.1) is 12.1 Å².